The van der Waals surface area contributed by atoms with Gasteiger partial charge in [0.05, 0.1) is 0 Å². The quantitative estimate of drug-likeness (QED) is 0.709. The van der Waals surface area contributed by atoms with Crippen LogP contribution in [0.4, 0.5) is 4.79 Å². The highest BCUT2D eigenvalue weighted by Crippen LogP contribution is 2.48. The number of urea groups is 1. The predicted molar refractivity (Wildman–Crippen MR) is 88.1 cm³/mol. The van der Waals surface area contributed by atoms with Crippen molar-refractivity contribution in [2.75, 3.05) is 20.6 Å². The number of likely N-dealkylation sites (N-methyl/N-ethyl adjacent to an activating group) is 2. The molecule has 4 bridgehead atoms. The van der Waals surface area contributed by atoms with E-state index in [4.69, 9.17) is 4.99 Å². The number of fused-ring (bicyclic) bond motifs is 2. The Hall–Kier alpha value is -1.79. The van der Waals surface area contributed by atoms with Gasteiger partial charge in [-0.3, -0.25) is 10.1 Å². The van der Waals surface area contributed by atoms with E-state index in [-0.39, 0.29) is 11.9 Å². The van der Waals surface area contributed by atoms with Gasteiger partial charge in [0, 0.05) is 26.7 Å². The third-order valence-corrected chi connectivity index (χ3v) is 6.84. The smallest absolute Gasteiger partial charge is 0.325 e. The summed E-state index contributed by atoms with van der Waals surface area (Å²) in [6, 6.07) is -0.206. The Kier molecular flexibility index (Phi) is 2.95. The molecule has 0 radical (unpaired) electrons. The van der Waals surface area contributed by atoms with Gasteiger partial charge in [-0.25, -0.2) is 9.79 Å². The summed E-state index contributed by atoms with van der Waals surface area (Å²) in [6.07, 6.45) is 6.24. The fraction of sp³-hybridized carbons (Fsp3) is 0.824. The summed E-state index contributed by atoms with van der Waals surface area (Å²) in [5.41, 5.74) is 0. The van der Waals surface area contributed by atoms with Crippen LogP contribution >= 0.6 is 0 Å². The highest BCUT2D eigenvalue weighted by molar-refractivity contribution is 6.03. The minimum Gasteiger partial charge on any atom is -0.339 e. The van der Waals surface area contributed by atoms with Crippen molar-refractivity contribution in [2.45, 2.75) is 50.4 Å². The van der Waals surface area contributed by atoms with Gasteiger partial charge in [0.15, 0.2) is 18.2 Å². The fourth-order valence-electron chi connectivity index (χ4n) is 5.91. The van der Waals surface area contributed by atoms with Gasteiger partial charge < -0.3 is 14.7 Å². The first-order chi connectivity index (χ1) is 11.5. The van der Waals surface area contributed by atoms with E-state index < -0.39 is 12.2 Å². The van der Waals surface area contributed by atoms with Crippen LogP contribution in [0.5, 0.6) is 0 Å². The van der Waals surface area contributed by atoms with Crippen LogP contribution in [0.1, 0.15) is 32.1 Å². The van der Waals surface area contributed by atoms with E-state index in [1.165, 1.54) is 32.1 Å². The maximum absolute atomic E-state index is 12.3. The van der Waals surface area contributed by atoms with Crippen LogP contribution in [0.2, 0.25) is 0 Å². The van der Waals surface area contributed by atoms with Gasteiger partial charge in [-0.15, -0.1) is 0 Å². The average Bonchev–Trinajstić information content (AvgIpc) is 2.75. The standard InChI is InChI=1S/C17H25N5O2/c1-20-13-14(21(2)17(24)19-15(13)23)18-16(20)22-8-11-4-9-3-10(5-11)7-12(22)6-9/h9-14H,3-8H2,1-2H3,(H,19,23,24). The van der Waals surface area contributed by atoms with Crippen molar-refractivity contribution in [3.8, 4) is 0 Å². The molecule has 0 aromatic carbocycles. The Morgan fingerprint density at radius 3 is 2.33 bits per heavy atom. The normalized spacial score (nSPS) is 43.8. The number of carbonyl (C=O) groups excluding carboxylic acids is 2. The zero-order chi connectivity index (χ0) is 16.6. The third-order valence-electron chi connectivity index (χ3n) is 6.84. The molecular weight excluding hydrogens is 306 g/mol. The Bertz CT molecular complexity index is 620. The number of amides is 3. The van der Waals surface area contributed by atoms with Crippen LogP contribution in [0.15, 0.2) is 4.99 Å². The second kappa shape index (κ2) is 4.86. The summed E-state index contributed by atoms with van der Waals surface area (Å²) < 4.78 is 0. The summed E-state index contributed by atoms with van der Waals surface area (Å²) in [5, 5.41) is 2.44. The average molecular weight is 331 g/mol. The summed E-state index contributed by atoms with van der Waals surface area (Å²) in [7, 11) is 3.66. The molecule has 24 heavy (non-hydrogen) atoms. The van der Waals surface area contributed by atoms with Gasteiger partial charge in [0.25, 0.3) is 5.91 Å². The van der Waals surface area contributed by atoms with Crippen molar-refractivity contribution in [2.24, 2.45) is 22.7 Å². The molecule has 4 aliphatic heterocycles. The predicted octanol–water partition coefficient (Wildman–Crippen LogP) is 0.675. The van der Waals surface area contributed by atoms with E-state index in [1.54, 1.807) is 11.9 Å². The monoisotopic (exact) mass is 331 g/mol. The van der Waals surface area contributed by atoms with Crippen LogP contribution in [0.25, 0.3) is 0 Å². The Morgan fingerprint density at radius 1 is 0.958 bits per heavy atom. The molecule has 0 spiro atoms. The summed E-state index contributed by atoms with van der Waals surface area (Å²) in [5.74, 6) is 3.19. The summed E-state index contributed by atoms with van der Waals surface area (Å²) in [4.78, 5) is 35.1. The van der Waals surface area contributed by atoms with E-state index in [9.17, 15) is 9.59 Å². The first-order valence-electron chi connectivity index (χ1n) is 9.16. The molecule has 3 amide bonds. The van der Waals surface area contributed by atoms with Crippen molar-refractivity contribution in [3.63, 3.8) is 0 Å². The first-order valence-corrected chi connectivity index (χ1v) is 9.16. The molecular formula is C17H25N5O2. The van der Waals surface area contributed by atoms with Gasteiger partial charge in [-0.2, -0.15) is 0 Å². The lowest BCUT2D eigenvalue weighted by molar-refractivity contribution is -0.126. The lowest BCUT2D eigenvalue weighted by atomic mass is 9.68. The highest BCUT2D eigenvalue weighted by atomic mass is 16.2. The van der Waals surface area contributed by atoms with E-state index in [2.05, 4.69) is 10.2 Å². The number of rotatable bonds is 0. The number of imide groups is 1. The van der Waals surface area contributed by atoms with E-state index >= 15 is 0 Å². The number of hydrogen-bond acceptors (Lipinski definition) is 5. The number of guanidine groups is 1. The minimum atomic E-state index is -0.402. The topological polar surface area (TPSA) is 68.2 Å². The van der Waals surface area contributed by atoms with Crippen molar-refractivity contribution >= 4 is 17.9 Å². The number of carbonyl (C=O) groups is 2. The van der Waals surface area contributed by atoms with Crippen LogP contribution < -0.4 is 5.32 Å². The molecule has 0 aromatic heterocycles. The van der Waals surface area contributed by atoms with Gasteiger partial charge >= 0.3 is 6.03 Å². The summed E-state index contributed by atoms with van der Waals surface area (Å²) in [6.45, 7) is 1.06. The van der Waals surface area contributed by atoms with Crippen molar-refractivity contribution in [1.82, 2.24) is 20.0 Å². The molecule has 130 valence electrons. The molecule has 6 aliphatic rings. The zero-order valence-corrected chi connectivity index (χ0v) is 14.3. The maximum atomic E-state index is 12.3. The van der Waals surface area contributed by atoms with Crippen molar-refractivity contribution in [1.29, 1.82) is 0 Å². The molecule has 6 rings (SSSR count). The zero-order valence-electron chi connectivity index (χ0n) is 14.3. The van der Waals surface area contributed by atoms with Crippen LogP contribution in [0.3, 0.4) is 0 Å². The molecule has 4 unspecified atom stereocenters. The van der Waals surface area contributed by atoms with Gasteiger partial charge in [-0.05, 0) is 49.9 Å². The van der Waals surface area contributed by atoms with E-state index in [0.717, 1.165) is 30.3 Å². The van der Waals surface area contributed by atoms with Crippen molar-refractivity contribution < 1.29 is 9.59 Å². The maximum Gasteiger partial charge on any atom is 0.325 e. The lowest BCUT2D eigenvalue weighted by Gasteiger charge is -2.40. The van der Waals surface area contributed by atoms with Gasteiger partial charge in [0.1, 0.15) is 0 Å². The second-order valence-electron chi connectivity index (χ2n) is 8.39. The molecule has 2 aliphatic carbocycles. The molecule has 7 nitrogen and oxygen atoms in total. The van der Waals surface area contributed by atoms with Crippen LogP contribution in [-0.2, 0) is 4.79 Å². The number of hydrogen-bond donors (Lipinski definition) is 1. The molecule has 5 fully saturated rings. The van der Waals surface area contributed by atoms with E-state index in [0.29, 0.717) is 6.04 Å². The van der Waals surface area contributed by atoms with Gasteiger partial charge in [-0.1, -0.05) is 0 Å². The molecule has 0 aromatic rings. The third kappa shape index (κ3) is 1.93. The lowest BCUT2D eigenvalue weighted by Crippen LogP contribution is -2.63. The minimum absolute atomic E-state index is 0.231. The molecule has 1 N–H and O–H groups in total. The SMILES string of the molecule is CN1C(=O)NC(=O)C2C1N=C(N1CC3CC4CC(C3)CC1C4)N2C. The molecule has 7 heteroatoms. The first kappa shape index (κ1) is 14.5. The fourth-order valence-corrected chi connectivity index (χ4v) is 5.91. The number of nitrogens with one attached hydrogen (secondary N) is 1. The molecule has 2 saturated carbocycles. The van der Waals surface area contributed by atoms with Crippen LogP contribution in [-0.4, -0.2) is 71.5 Å². The Balaban J connectivity index is 1.48. The largest absolute Gasteiger partial charge is 0.339 e. The number of aliphatic imine (C=N–C) groups is 1. The molecule has 4 heterocycles. The molecule has 3 saturated heterocycles. The van der Waals surface area contributed by atoms with Crippen molar-refractivity contribution in [3.05, 3.63) is 0 Å². The Labute approximate surface area is 142 Å². The van der Waals surface area contributed by atoms with Crippen LogP contribution in [0, 0.1) is 17.8 Å². The Morgan fingerprint density at radius 2 is 1.62 bits per heavy atom. The van der Waals surface area contributed by atoms with Gasteiger partial charge in [0.2, 0.25) is 0 Å². The second-order valence-corrected chi connectivity index (χ2v) is 8.39. The van der Waals surface area contributed by atoms with E-state index in [1.807, 2.05) is 11.9 Å². The number of nitrogens with zero attached hydrogens (tertiary/aromatic N) is 4. The molecule has 4 atom stereocenters. The summed E-state index contributed by atoms with van der Waals surface area (Å²) >= 11 is 0. The highest BCUT2D eigenvalue weighted by Gasteiger charge is 2.51.